The van der Waals surface area contributed by atoms with Crippen LogP contribution in [0.1, 0.15) is 16.3 Å². The van der Waals surface area contributed by atoms with Gasteiger partial charge in [0.25, 0.3) is 0 Å². The van der Waals surface area contributed by atoms with Gasteiger partial charge in [-0.25, -0.2) is 4.98 Å². The highest BCUT2D eigenvalue weighted by atomic mass is 32.1. The first-order chi connectivity index (χ1) is 7.99. The van der Waals surface area contributed by atoms with Gasteiger partial charge >= 0.3 is 5.97 Å². The Bertz CT molecular complexity index is 457. The lowest BCUT2D eigenvalue weighted by molar-refractivity contribution is -0.141. The maximum Gasteiger partial charge on any atom is 0.307 e. The molecular weight excluding hydrogens is 240 g/mol. The minimum Gasteiger partial charge on any atom is -0.481 e. The molecule has 1 fully saturated rings. The number of nitrogens with zero attached hydrogens (tertiary/aromatic N) is 2. The van der Waals surface area contributed by atoms with Gasteiger partial charge in [-0.15, -0.1) is 11.3 Å². The molecule has 1 amide bonds. The van der Waals surface area contributed by atoms with Crippen LogP contribution in [0, 0.1) is 18.8 Å². The predicted molar refractivity (Wildman–Crippen MR) is 62.6 cm³/mol. The van der Waals surface area contributed by atoms with E-state index < -0.39 is 11.9 Å². The highest BCUT2D eigenvalue weighted by Gasteiger charge is 2.49. The lowest BCUT2D eigenvalue weighted by atomic mass is 10.3. The van der Waals surface area contributed by atoms with E-state index in [1.807, 2.05) is 6.92 Å². The molecule has 5 nitrogen and oxygen atoms in total. The third-order valence-electron chi connectivity index (χ3n) is 2.86. The van der Waals surface area contributed by atoms with E-state index in [0.717, 1.165) is 9.88 Å². The number of aliphatic carboxylic acids is 1. The van der Waals surface area contributed by atoms with Gasteiger partial charge in [0.2, 0.25) is 5.91 Å². The van der Waals surface area contributed by atoms with Crippen LogP contribution in [0.4, 0.5) is 0 Å². The average Bonchev–Trinajstić information content (AvgIpc) is 2.96. The van der Waals surface area contributed by atoms with E-state index in [-0.39, 0.29) is 11.8 Å². The fourth-order valence-corrected chi connectivity index (χ4v) is 2.66. The molecule has 2 unspecified atom stereocenters. The van der Waals surface area contributed by atoms with Crippen LogP contribution >= 0.6 is 11.3 Å². The zero-order chi connectivity index (χ0) is 12.6. The first-order valence-electron chi connectivity index (χ1n) is 5.38. The second-order valence-corrected chi connectivity index (χ2v) is 5.65. The number of carbonyl (C=O) groups is 2. The van der Waals surface area contributed by atoms with Crippen LogP contribution < -0.4 is 0 Å². The molecule has 17 heavy (non-hydrogen) atoms. The lowest BCUT2D eigenvalue weighted by Crippen LogP contribution is -2.28. The average molecular weight is 254 g/mol. The van der Waals surface area contributed by atoms with E-state index in [1.165, 1.54) is 0 Å². The zero-order valence-corrected chi connectivity index (χ0v) is 10.5. The van der Waals surface area contributed by atoms with Crippen molar-refractivity contribution in [3.8, 4) is 0 Å². The number of carboxylic acids is 1. The molecule has 1 aromatic rings. The number of hydrogen-bond donors (Lipinski definition) is 1. The fourth-order valence-electron chi connectivity index (χ4n) is 1.81. The lowest BCUT2D eigenvalue weighted by Gasteiger charge is -2.15. The summed E-state index contributed by atoms with van der Waals surface area (Å²) in [7, 11) is 1.70. The molecule has 1 heterocycles. The quantitative estimate of drug-likeness (QED) is 0.874. The van der Waals surface area contributed by atoms with Gasteiger partial charge in [0, 0.05) is 18.1 Å². The van der Waals surface area contributed by atoms with Crippen LogP contribution in [0.3, 0.4) is 0 Å². The summed E-state index contributed by atoms with van der Waals surface area (Å²) in [6.07, 6.45) is 2.23. The van der Waals surface area contributed by atoms with Crippen molar-refractivity contribution < 1.29 is 14.7 Å². The summed E-state index contributed by atoms with van der Waals surface area (Å²) in [5.74, 6) is -1.76. The molecule has 1 aromatic heterocycles. The third-order valence-corrected chi connectivity index (χ3v) is 3.76. The van der Waals surface area contributed by atoms with Gasteiger partial charge in [-0.2, -0.15) is 0 Å². The molecule has 2 rings (SSSR count). The Morgan fingerprint density at radius 2 is 2.29 bits per heavy atom. The second kappa shape index (κ2) is 4.44. The Kier molecular flexibility index (Phi) is 3.15. The topological polar surface area (TPSA) is 70.5 Å². The van der Waals surface area contributed by atoms with Crippen molar-refractivity contribution in [2.45, 2.75) is 19.9 Å². The molecule has 1 aliphatic carbocycles. The number of amides is 1. The molecule has 0 aliphatic heterocycles. The number of carboxylic acid groups (broad SMARTS) is 1. The standard InChI is InChI=1S/C11H14N2O3S/c1-6-12-4-7(17-6)5-13(2)10(14)8-3-9(8)11(15)16/h4,8-9H,3,5H2,1-2H3,(H,15,16). The van der Waals surface area contributed by atoms with Gasteiger partial charge in [-0.1, -0.05) is 0 Å². The Balaban J connectivity index is 1.91. The summed E-state index contributed by atoms with van der Waals surface area (Å²) in [4.78, 5) is 29.3. The van der Waals surface area contributed by atoms with Gasteiger partial charge in [0.1, 0.15) is 0 Å². The Labute approximate surface area is 103 Å². The summed E-state index contributed by atoms with van der Waals surface area (Å²) >= 11 is 1.55. The molecule has 6 heteroatoms. The fraction of sp³-hybridized carbons (Fsp3) is 0.545. The summed E-state index contributed by atoms with van der Waals surface area (Å²) in [6.45, 7) is 2.42. The molecule has 0 saturated heterocycles. The van der Waals surface area contributed by atoms with Crippen molar-refractivity contribution in [3.63, 3.8) is 0 Å². The van der Waals surface area contributed by atoms with Gasteiger partial charge in [-0.05, 0) is 13.3 Å². The van der Waals surface area contributed by atoms with Crippen molar-refractivity contribution in [1.29, 1.82) is 0 Å². The molecule has 2 atom stereocenters. The first-order valence-corrected chi connectivity index (χ1v) is 6.19. The monoisotopic (exact) mass is 254 g/mol. The van der Waals surface area contributed by atoms with Crippen molar-refractivity contribution in [1.82, 2.24) is 9.88 Å². The second-order valence-electron chi connectivity index (χ2n) is 4.33. The molecule has 0 bridgehead atoms. The van der Waals surface area contributed by atoms with Gasteiger partial charge < -0.3 is 10.0 Å². The highest BCUT2D eigenvalue weighted by Crippen LogP contribution is 2.40. The molecule has 1 N–H and O–H groups in total. The van der Waals surface area contributed by atoms with E-state index in [0.29, 0.717) is 13.0 Å². The van der Waals surface area contributed by atoms with E-state index in [2.05, 4.69) is 4.98 Å². The number of rotatable bonds is 4. The summed E-state index contributed by atoms with van der Waals surface area (Å²) < 4.78 is 0. The van der Waals surface area contributed by atoms with E-state index in [9.17, 15) is 9.59 Å². The Morgan fingerprint density at radius 1 is 1.59 bits per heavy atom. The van der Waals surface area contributed by atoms with Crippen molar-refractivity contribution in [3.05, 3.63) is 16.1 Å². The molecule has 0 radical (unpaired) electrons. The molecule has 1 saturated carbocycles. The van der Waals surface area contributed by atoms with E-state index in [4.69, 9.17) is 5.11 Å². The summed E-state index contributed by atoms with van der Waals surface area (Å²) in [6, 6.07) is 0. The summed E-state index contributed by atoms with van der Waals surface area (Å²) in [5, 5.41) is 9.74. The maximum atomic E-state index is 11.9. The minimum absolute atomic E-state index is 0.0801. The largest absolute Gasteiger partial charge is 0.481 e. The number of aromatic nitrogens is 1. The van der Waals surface area contributed by atoms with Crippen molar-refractivity contribution >= 4 is 23.2 Å². The SMILES string of the molecule is Cc1ncc(CN(C)C(=O)C2CC2C(=O)O)s1. The highest BCUT2D eigenvalue weighted by molar-refractivity contribution is 7.11. The van der Waals surface area contributed by atoms with Crippen LogP contribution in [0.2, 0.25) is 0 Å². The van der Waals surface area contributed by atoms with E-state index in [1.54, 1.807) is 29.5 Å². The minimum atomic E-state index is -0.870. The third kappa shape index (κ3) is 2.63. The number of hydrogen-bond acceptors (Lipinski definition) is 4. The molecule has 92 valence electrons. The maximum absolute atomic E-state index is 11.9. The zero-order valence-electron chi connectivity index (χ0n) is 9.71. The predicted octanol–water partition coefficient (Wildman–Crippen LogP) is 1.13. The van der Waals surface area contributed by atoms with Crippen LogP contribution in [0.15, 0.2) is 6.20 Å². The molecule has 0 spiro atoms. The van der Waals surface area contributed by atoms with Gasteiger partial charge in [-0.3, -0.25) is 9.59 Å². The summed E-state index contributed by atoms with van der Waals surface area (Å²) in [5.41, 5.74) is 0. The van der Waals surface area contributed by atoms with Crippen molar-refractivity contribution in [2.75, 3.05) is 7.05 Å². The van der Waals surface area contributed by atoms with Crippen LogP contribution in [0.25, 0.3) is 0 Å². The number of thiazole rings is 1. The Morgan fingerprint density at radius 3 is 2.76 bits per heavy atom. The number of aryl methyl sites for hydroxylation is 1. The molecule has 1 aliphatic rings. The normalized spacial score (nSPS) is 22.2. The van der Waals surface area contributed by atoms with Crippen LogP contribution in [0.5, 0.6) is 0 Å². The first kappa shape index (κ1) is 12.0. The Hall–Kier alpha value is -1.43. The number of carbonyl (C=O) groups excluding carboxylic acids is 1. The van der Waals surface area contributed by atoms with Crippen molar-refractivity contribution in [2.24, 2.45) is 11.8 Å². The van der Waals surface area contributed by atoms with Gasteiger partial charge in [0.05, 0.1) is 23.4 Å². The van der Waals surface area contributed by atoms with Gasteiger partial charge in [0.15, 0.2) is 0 Å². The molecule has 0 aromatic carbocycles. The smallest absolute Gasteiger partial charge is 0.307 e. The van der Waals surface area contributed by atoms with Crippen LogP contribution in [-0.2, 0) is 16.1 Å². The molecular formula is C11H14N2O3S. The van der Waals surface area contributed by atoms with Crippen LogP contribution in [-0.4, -0.2) is 33.9 Å². The van der Waals surface area contributed by atoms with E-state index >= 15 is 0 Å².